The summed E-state index contributed by atoms with van der Waals surface area (Å²) < 4.78 is 0. The molecule has 0 N–H and O–H groups in total. The summed E-state index contributed by atoms with van der Waals surface area (Å²) in [5, 5.41) is 0. The number of hydrogen-bond acceptors (Lipinski definition) is 0. The van der Waals surface area contributed by atoms with Crippen LogP contribution in [-0.2, 0) is 0 Å². The lowest BCUT2D eigenvalue weighted by molar-refractivity contribution is 0.461. The maximum atomic E-state index is 4.40. The van der Waals surface area contributed by atoms with E-state index in [0.29, 0.717) is 0 Å². The van der Waals surface area contributed by atoms with Crippen LogP contribution in [-0.4, -0.2) is 0 Å². The number of rotatable bonds is 32. The first-order chi connectivity index (χ1) is 17.8. The van der Waals surface area contributed by atoms with Crippen LogP contribution in [0.4, 0.5) is 0 Å². The van der Waals surface area contributed by atoms with E-state index in [1.54, 1.807) is 0 Å². The van der Waals surface area contributed by atoms with Crippen molar-refractivity contribution in [3.05, 3.63) is 6.92 Å². The average molecular weight is 506 g/mol. The minimum Gasteiger partial charge on any atom is -0.0654 e. The molecule has 0 aliphatic rings. The molecule has 36 heavy (non-hydrogen) atoms. The zero-order valence-electron chi connectivity index (χ0n) is 25.9. The first kappa shape index (κ1) is 36.0. The van der Waals surface area contributed by atoms with Crippen LogP contribution in [0.5, 0.6) is 0 Å². The fourth-order valence-corrected chi connectivity index (χ4v) is 5.75. The molecule has 0 aromatic rings. The lowest BCUT2D eigenvalue weighted by Gasteiger charge is -2.11. The van der Waals surface area contributed by atoms with Crippen LogP contribution in [0.15, 0.2) is 0 Å². The highest BCUT2D eigenvalue weighted by molar-refractivity contribution is 4.62. The molecule has 0 rings (SSSR count). The van der Waals surface area contributed by atoms with Gasteiger partial charge in [0, 0.05) is 0 Å². The van der Waals surface area contributed by atoms with Crippen molar-refractivity contribution in [2.24, 2.45) is 5.92 Å². The van der Waals surface area contributed by atoms with Crippen LogP contribution < -0.4 is 0 Å². The summed E-state index contributed by atoms with van der Waals surface area (Å²) in [5.74, 6) is 0.718. The predicted molar refractivity (Wildman–Crippen MR) is 168 cm³/mol. The molecule has 0 saturated heterocycles. The van der Waals surface area contributed by atoms with E-state index in [9.17, 15) is 0 Å². The van der Waals surface area contributed by atoms with E-state index < -0.39 is 0 Å². The number of hydrogen-bond donors (Lipinski definition) is 0. The Balaban J connectivity index is 3.08. The molecule has 0 saturated carbocycles. The third-order valence-corrected chi connectivity index (χ3v) is 8.43. The molecule has 0 aliphatic carbocycles. The number of unbranched alkanes of at least 4 members (excludes halogenated alkanes) is 28. The monoisotopic (exact) mass is 506 g/mol. The molecule has 0 heterocycles. The molecule has 217 valence electrons. The summed E-state index contributed by atoms with van der Waals surface area (Å²) in [4.78, 5) is 0. The lowest BCUT2D eigenvalue weighted by Crippen LogP contribution is -1.95. The van der Waals surface area contributed by atoms with Crippen LogP contribution in [0.1, 0.15) is 219 Å². The lowest BCUT2D eigenvalue weighted by atomic mass is 9.96. The molecule has 1 unspecified atom stereocenters. The third-order valence-electron chi connectivity index (χ3n) is 8.43. The highest BCUT2D eigenvalue weighted by atomic mass is 14.1. The molecule has 0 bridgehead atoms. The molecular weight excluding hydrogens is 432 g/mol. The largest absolute Gasteiger partial charge is 0.0654 e. The van der Waals surface area contributed by atoms with Gasteiger partial charge in [0.2, 0.25) is 0 Å². The second kappa shape index (κ2) is 33.0. The van der Waals surface area contributed by atoms with Gasteiger partial charge in [-0.1, -0.05) is 226 Å². The fourth-order valence-electron chi connectivity index (χ4n) is 5.75. The summed E-state index contributed by atoms with van der Waals surface area (Å²) in [5.41, 5.74) is 0. The van der Waals surface area contributed by atoms with Crippen molar-refractivity contribution in [3.8, 4) is 0 Å². The topological polar surface area (TPSA) is 0 Å². The molecule has 0 fully saturated rings. The van der Waals surface area contributed by atoms with Gasteiger partial charge in [0.05, 0.1) is 0 Å². The van der Waals surface area contributed by atoms with Crippen molar-refractivity contribution in [1.29, 1.82) is 0 Å². The molecule has 0 nitrogen and oxygen atoms in total. The van der Waals surface area contributed by atoms with Crippen LogP contribution in [0, 0.1) is 12.8 Å². The van der Waals surface area contributed by atoms with Crippen molar-refractivity contribution in [2.75, 3.05) is 0 Å². The smallest absolute Gasteiger partial charge is 0.0414 e. The standard InChI is InChI=1S/C36H73/c1-4-6-8-10-12-13-14-15-16-17-18-19-20-21-22-23-24-25-26-27-28-29-31-33-35-36(3)34-32-30-11-9-7-5-2/h36H,3-35H2,1-2H3. The van der Waals surface area contributed by atoms with E-state index in [1.807, 2.05) is 0 Å². The van der Waals surface area contributed by atoms with Crippen molar-refractivity contribution in [1.82, 2.24) is 0 Å². The minimum atomic E-state index is 0.718. The Kier molecular flexibility index (Phi) is 33.0. The Hall–Kier alpha value is 0. The van der Waals surface area contributed by atoms with E-state index in [1.165, 1.54) is 205 Å². The molecule has 0 heteroatoms. The Bertz CT molecular complexity index is 359. The molecule has 0 spiro atoms. The first-order valence-electron chi connectivity index (χ1n) is 17.6. The van der Waals surface area contributed by atoms with Gasteiger partial charge in [0.15, 0.2) is 0 Å². The summed E-state index contributed by atoms with van der Waals surface area (Å²) in [6.45, 7) is 9.01. The van der Waals surface area contributed by atoms with E-state index in [0.717, 1.165) is 5.92 Å². The van der Waals surface area contributed by atoms with Crippen molar-refractivity contribution < 1.29 is 0 Å². The molecule has 0 aromatic carbocycles. The van der Waals surface area contributed by atoms with Crippen molar-refractivity contribution in [3.63, 3.8) is 0 Å². The highest BCUT2D eigenvalue weighted by Gasteiger charge is 2.02. The first-order valence-corrected chi connectivity index (χ1v) is 17.6. The molecule has 1 radical (unpaired) electrons. The SMILES string of the molecule is [CH2]C(CCCCCCCC)CCCCCCCCCCCCCCCCCCCCCCCCCC. The Labute approximate surface area is 232 Å². The van der Waals surface area contributed by atoms with Gasteiger partial charge >= 0.3 is 0 Å². The van der Waals surface area contributed by atoms with Gasteiger partial charge in [-0.25, -0.2) is 0 Å². The molecule has 0 amide bonds. The Morgan fingerprint density at radius 3 is 0.639 bits per heavy atom. The maximum absolute atomic E-state index is 4.40. The predicted octanol–water partition coefficient (Wildman–Crippen LogP) is 14.0. The zero-order chi connectivity index (χ0) is 26.2. The van der Waals surface area contributed by atoms with Crippen LogP contribution in [0.25, 0.3) is 0 Å². The summed E-state index contributed by atoms with van der Waals surface area (Å²) in [6, 6.07) is 0. The second-order valence-corrected chi connectivity index (χ2v) is 12.3. The van der Waals surface area contributed by atoms with E-state index in [4.69, 9.17) is 0 Å². The van der Waals surface area contributed by atoms with Gasteiger partial charge in [-0.2, -0.15) is 0 Å². The Morgan fingerprint density at radius 2 is 0.444 bits per heavy atom. The van der Waals surface area contributed by atoms with Gasteiger partial charge in [-0.05, 0) is 5.92 Å². The van der Waals surface area contributed by atoms with Crippen molar-refractivity contribution in [2.45, 2.75) is 219 Å². The summed E-state index contributed by atoms with van der Waals surface area (Å²) in [6.07, 6.45) is 46.6. The average Bonchev–Trinajstić information content (AvgIpc) is 2.88. The van der Waals surface area contributed by atoms with Crippen molar-refractivity contribution >= 4 is 0 Å². The van der Waals surface area contributed by atoms with Crippen LogP contribution in [0.2, 0.25) is 0 Å². The summed E-state index contributed by atoms with van der Waals surface area (Å²) in [7, 11) is 0. The van der Waals surface area contributed by atoms with Crippen LogP contribution in [0.3, 0.4) is 0 Å². The second-order valence-electron chi connectivity index (χ2n) is 12.3. The van der Waals surface area contributed by atoms with E-state index >= 15 is 0 Å². The van der Waals surface area contributed by atoms with Gasteiger partial charge in [-0.15, -0.1) is 0 Å². The quantitative estimate of drug-likeness (QED) is 0.0797. The van der Waals surface area contributed by atoms with Gasteiger partial charge in [0.25, 0.3) is 0 Å². The third kappa shape index (κ3) is 32.0. The molecule has 0 aliphatic heterocycles. The van der Waals surface area contributed by atoms with Gasteiger partial charge < -0.3 is 0 Å². The highest BCUT2D eigenvalue weighted by Crippen LogP contribution is 2.19. The van der Waals surface area contributed by atoms with E-state index in [2.05, 4.69) is 20.8 Å². The van der Waals surface area contributed by atoms with Gasteiger partial charge in [-0.3, -0.25) is 0 Å². The normalized spacial score (nSPS) is 12.4. The molecule has 0 aromatic heterocycles. The molecule has 1 atom stereocenters. The maximum Gasteiger partial charge on any atom is -0.0414 e. The Morgan fingerprint density at radius 1 is 0.278 bits per heavy atom. The van der Waals surface area contributed by atoms with Gasteiger partial charge in [0.1, 0.15) is 0 Å². The minimum absolute atomic E-state index is 0.718. The van der Waals surface area contributed by atoms with Crippen LogP contribution >= 0.6 is 0 Å². The van der Waals surface area contributed by atoms with E-state index in [-0.39, 0.29) is 0 Å². The summed E-state index contributed by atoms with van der Waals surface area (Å²) >= 11 is 0. The molecular formula is C36H73. The fraction of sp³-hybridized carbons (Fsp3) is 0.972. The zero-order valence-corrected chi connectivity index (χ0v) is 25.9.